The molecule has 1 aliphatic rings. The van der Waals surface area contributed by atoms with Gasteiger partial charge in [0.1, 0.15) is 16.6 Å². The highest BCUT2D eigenvalue weighted by Gasteiger charge is 2.40. The van der Waals surface area contributed by atoms with Gasteiger partial charge in [0.05, 0.1) is 0 Å². The molecule has 1 aliphatic carbocycles. The van der Waals surface area contributed by atoms with Crippen LogP contribution in [0.1, 0.15) is 26.7 Å². The molecule has 6 heteroatoms. The Morgan fingerprint density at radius 3 is 1.86 bits per heavy atom. The topological polar surface area (TPSA) is 72.8 Å². The van der Waals surface area contributed by atoms with Crippen molar-refractivity contribution in [2.45, 2.75) is 37.1 Å². The first-order chi connectivity index (χ1) is 13.9. The second-order valence-electron chi connectivity index (χ2n) is 7.97. The van der Waals surface area contributed by atoms with Crippen molar-refractivity contribution in [2.24, 2.45) is 5.41 Å². The zero-order valence-electron chi connectivity index (χ0n) is 16.3. The normalized spacial score (nSPS) is 16.8. The minimum Gasteiger partial charge on any atom is -0.298 e. The van der Waals surface area contributed by atoms with Crippen molar-refractivity contribution in [3.05, 3.63) is 60.7 Å². The molecular weight excluding hydrogens is 382 g/mol. The van der Waals surface area contributed by atoms with E-state index in [-0.39, 0.29) is 17.0 Å². The molecule has 1 saturated carbocycles. The molecule has 0 atom stereocenters. The average Bonchev–Trinajstić information content (AvgIpc) is 2.71. The lowest BCUT2D eigenvalue weighted by Crippen LogP contribution is -2.39. The van der Waals surface area contributed by atoms with Gasteiger partial charge in [-0.25, -0.2) is 4.98 Å². The van der Waals surface area contributed by atoms with E-state index in [1.807, 2.05) is 74.5 Å². The van der Waals surface area contributed by atoms with Gasteiger partial charge >= 0.3 is 0 Å². The largest absolute Gasteiger partial charge is 0.298 e. The van der Waals surface area contributed by atoms with Gasteiger partial charge in [-0.15, -0.1) is 10.2 Å². The Kier molecular flexibility index (Phi) is 5.28. The van der Waals surface area contributed by atoms with Crippen molar-refractivity contribution in [1.29, 1.82) is 0 Å². The van der Waals surface area contributed by atoms with E-state index in [2.05, 4.69) is 10.2 Å². The van der Waals surface area contributed by atoms with Gasteiger partial charge in [-0.05, 0) is 5.41 Å². The molecule has 4 rings (SSSR count). The van der Waals surface area contributed by atoms with E-state index in [9.17, 15) is 9.59 Å². The number of rotatable bonds is 4. The van der Waals surface area contributed by atoms with E-state index in [1.54, 1.807) is 0 Å². The smallest absolute Gasteiger partial charge is 0.210 e. The van der Waals surface area contributed by atoms with Gasteiger partial charge < -0.3 is 0 Å². The third-order valence-electron chi connectivity index (χ3n) is 4.88. The number of hydrogen-bond donors (Lipinski definition) is 0. The van der Waals surface area contributed by atoms with Gasteiger partial charge in [-0.1, -0.05) is 86.3 Å². The SMILES string of the molecule is CC1(C)CC(=O)C(Sc2nnc(-c3ccccc3)c(-c3ccccc3)n2)C(=O)C1. The van der Waals surface area contributed by atoms with E-state index in [0.29, 0.717) is 29.4 Å². The molecule has 0 saturated heterocycles. The fourth-order valence-corrected chi connectivity index (χ4v) is 4.43. The Balaban J connectivity index is 1.71. The van der Waals surface area contributed by atoms with Crippen LogP contribution in [0.2, 0.25) is 0 Å². The highest BCUT2D eigenvalue weighted by Crippen LogP contribution is 2.38. The number of carbonyl (C=O) groups is 2. The van der Waals surface area contributed by atoms with Crippen LogP contribution >= 0.6 is 11.8 Å². The quantitative estimate of drug-likeness (QED) is 0.592. The number of benzene rings is 2. The minimum atomic E-state index is -0.754. The summed E-state index contributed by atoms with van der Waals surface area (Å²) >= 11 is 1.11. The number of carbonyl (C=O) groups excluding carboxylic acids is 2. The van der Waals surface area contributed by atoms with Gasteiger partial charge in [0.2, 0.25) is 5.16 Å². The number of nitrogens with zero attached hydrogens (tertiary/aromatic N) is 3. The molecule has 0 aliphatic heterocycles. The van der Waals surface area contributed by atoms with Gasteiger partial charge in [0.25, 0.3) is 0 Å². The van der Waals surface area contributed by atoms with Gasteiger partial charge in [-0.3, -0.25) is 9.59 Å². The summed E-state index contributed by atoms with van der Waals surface area (Å²) in [5, 5.41) is 8.24. The molecule has 0 radical (unpaired) electrons. The second kappa shape index (κ2) is 7.87. The van der Waals surface area contributed by atoms with Gasteiger partial charge in [0.15, 0.2) is 11.6 Å². The maximum atomic E-state index is 12.6. The van der Waals surface area contributed by atoms with Gasteiger partial charge in [-0.2, -0.15) is 0 Å². The number of hydrogen-bond acceptors (Lipinski definition) is 6. The Morgan fingerprint density at radius 2 is 1.31 bits per heavy atom. The molecule has 3 aromatic rings. The lowest BCUT2D eigenvalue weighted by Gasteiger charge is -2.31. The molecule has 0 N–H and O–H groups in total. The van der Waals surface area contributed by atoms with E-state index in [0.717, 1.165) is 22.9 Å². The second-order valence-corrected chi connectivity index (χ2v) is 9.04. The third-order valence-corrected chi connectivity index (χ3v) is 6.02. The molecule has 0 spiro atoms. The van der Waals surface area contributed by atoms with Crippen molar-refractivity contribution >= 4 is 23.3 Å². The summed E-state index contributed by atoms with van der Waals surface area (Å²) in [6.07, 6.45) is 0.773. The molecule has 2 aromatic carbocycles. The summed E-state index contributed by atoms with van der Waals surface area (Å²) in [5.74, 6) is -0.124. The van der Waals surface area contributed by atoms with Crippen LogP contribution in [0, 0.1) is 5.41 Å². The molecule has 1 aromatic heterocycles. The highest BCUT2D eigenvalue weighted by molar-refractivity contribution is 8.01. The fourth-order valence-electron chi connectivity index (χ4n) is 3.56. The molecular formula is C23H21N3O2S. The summed E-state index contributed by atoms with van der Waals surface area (Å²) < 4.78 is 0. The zero-order chi connectivity index (χ0) is 20.4. The van der Waals surface area contributed by atoms with E-state index >= 15 is 0 Å². The third kappa shape index (κ3) is 4.27. The first-order valence-corrected chi connectivity index (χ1v) is 10.4. The van der Waals surface area contributed by atoms with Crippen molar-refractivity contribution in [3.8, 4) is 22.5 Å². The Labute approximate surface area is 174 Å². The fraction of sp³-hybridized carbons (Fsp3) is 0.261. The number of aromatic nitrogens is 3. The number of Topliss-reactive ketones (excluding diaryl/α,β-unsaturated/α-hetero) is 2. The molecule has 29 heavy (non-hydrogen) atoms. The molecule has 0 unspecified atom stereocenters. The van der Waals surface area contributed by atoms with Crippen LogP contribution in [0.25, 0.3) is 22.5 Å². The first-order valence-electron chi connectivity index (χ1n) is 9.51. The molecule has 1 fully saturated rings. The van der Waals surface area contributed by atoms with Crippen molar-refractivity contribution in [2.75, 3.05) is 0 Å². The summed E-state index contributed by atoms with van der Waals surface area (Å²) in [6.45, 7) is 3.90. The molecule has 0 amide bonds. The summed E-state index contributed by atoms with van der Waals surface area (Å²) in [4.78, 5) is 29.8. The average molecular weight is 404 g/mol. The summed E-state index contributed by atoms with van der Waals surface area (Å²) in [5.41, 5.74) is 2.89. The number of thioether (sulfide) groups is 1. The standard InChI is InChI=1S/C23H21N3O2S/c1-23(2)13-17(27)21(18(28)14-23)29-22-24-19(15-9-5-3-6-10-15)20(25-26-22)16-11-7-4-8-12-16/h3-12,21H,13-14H2,1-2H3. The molecule has 1 heterocycles. The first kappa shape index (κ1) is 19.5. The monoisotopic (exact) mass is 403 g/mol. The zero-order valence-corrected chi connectivity index (χ0v) is 17.1. The molecule has 146 valence electrons. The van der Waals surface area contributed by atoms with Crippen LogP contribution in [-0.2, 0) is 9.59 Å². The van der Waals surface area contributed by atoms with E-state index in [4.69, 9.17) is 4.98 Å². The predicted octanol–water partition coefficient (Wildman–Crippen LogP) is 4.62. The number of ketones is 2. The van der Waals surface area contributed by atoms with Crippen LogP contribution in [0.3, 0.4) is 0 Å². The lowest BCUT2D eigenvalue weighted by molar-refractivity contribution is -0.132. The highest BCUT2D eigenvalue weighted by atomic mass is 32.2. The summed E-state index contributed by atoms with van der Waals surface area (Å²) in [6, 6.07) is 19.5. The minimum absolute atomic E-state index is 0.0618. The van der Waals surface area contributed by atoms with Crippen LogP contribution < -0.4 is 0 Å². The molecule has 0 bridgehead atoms. The maximum absolute atomic E-state index is 12.6. The maximum Gasteiger partial charge on any atom is 0.210 e. The Hall–Kier alpha value is -2.86. The summed E-state index contributed by atoms with van der Waals surface area (Å²) in [7, 11) is 0. The van der Waals surface area contributed by atoms with E-state index in [1.165, 1.54) is 0 Å². The van der Waals surface area contributed by atoms with Crippen LogP contribution in [0.5, 0.6) is 0 Å². The van der Waals surface area contributed by atoms with Crippen molar-refractivity contribution in [3.63, 3.8) is 0 Å². The Morgan fingerprint density at radius 1 is 0.793 bits per heavy atom. The molecule has 5 nitrogen and oxygen atoms in total. The van der Waals surface area contributed by atoms with E-state index < -0.39 is 5.25 Å². The van der Waals surface area contributed by atoms with Gasteiger partial charge in [0, 0.05) is 24.0 Å². The lowest BCUT2D eigenvalue weighted by atomic mass is 9.76. The predicted molar refractivity (Wildman–Crippen MR) is 113 cm³/mol. The van der Waals surface area contributed by atoms with Crippen molar-refractivity contribution in [1.82, 2.24) is 15.2 Å². The Bertz CT molecular complexity index is 1030. The van der Waals surface area contributed by atoms with Crippen molar-refractivity contribution < 1.29 is 9.59 Å². The van der Waals surface area contributed by atoms with Crippen LogP contribution in [0.4, 0.5) is 0 Å². The van der Waals surface area contributed by atoms with Crippen LogP contribution in [-0.4, -0.2) is 32.0 Å². The van der Waals surface area contributed by atoms with Crippen LogP contribution in [0.15, 0.2) is 65.8 Å².